The van der Waals surface area contributed by atoms with Crippen molar-refractivity contribution in [3.05, 3.63) is 204 Å². The number of carbonyl (C=O) groups excluding carboxylic acids is 5. The van der Waals surface area contributed by atoms with Gasteiger partial charge in [-0.25, -0.2) is 4.79 Å². The fourth-order valence-electron chi connectivity index (χ4n) is 8.85. The Morgan fingerprint density at radius 2 is 1.28 bits per heavy atom. The van der Waals surface area contributed by atoms with Crippen LogP contribution in [0.25, 0.3) is 16.6 Å². The van der Waals surface area contributed by atoms with Gasteiger partial charge in [0.2, 0.25) is 5.91 Å². The smallest absolute Gasteiger partial charge is 0.407 e. The topological polar surface area (TPSA) is 149 Å². The van der Waals surface area contributed by atoms with Crippen molar-refractivity contribution in [2.24, 2.45) is 0 Å². The number of para-hydroxylation sites is 2. The van der Waals surface area contributed by atoms with E-state index >= 15 is 9.59 Å². The first-order valence-corrected chi connectivity index (χ1v) is 26.3. The minimum absolute atomic E-state index is 0.0902. The van der Waals surface area contributed by atoms with Crippen LogP contribution in [0.3, 0.4) is 0 Å². The average molecular weight is 1040 g/mol. The molecular formula is C60H55N5O8S2. The number of ether oxygens (including phenoxy) is 3. The number of hydrogen-bond acceptors (Lipinski definition) is 10. The summed E-state index contributed by atoms with van der Waals surface area (Å²) < 4.78 is 19.1. The molecule has 380 valence electrons. The molecule has 4 amide bonds. The second-order valence-electron chi connectivity index (χ2n) is 18.6. The number of rotatable bonds is 16. The molecule has 0 fully saturated rings. The van der Waals surface area contributed by atoms with E-state index in [1.54, 1.807) is 77.7 Å². The number of amides is 4. The lowest BCUT2D eigenvalue weighted by molar-refractivity contribution is -0.131. The van der Waals surface area contributed by atoms with Crippen LogP contribution in [0.1, 0.15) is 52.6 Å². The van der Waals surface area contributed by atoms with Gasteiger partial charge in [0, 0.05) is 51.9 Å². The molecule has 1 atom stereocenters. The zero-order chi connectivity index (χ0) is 52.5. The van der Waals surface area contributed by atoms with E-state index < -0.39 is 23.7 Å². The van der Waals surface area contributed by atoms with Crippen molar-refractivity contribution >= 4 is 81.3 Å². The minimum atomic E-state index is -0.738. The van der Waals surface area contributed by atoms with Crippen molar-refractivity contribution < 1.29 is 38.2 Å². The van der Waals surface area contributed by atoms with E-state index in [2.05, 4.69) is 10.6 Å². The molecule has 75 heavy (non-hydrogen) atoms. The molecular weight excluding hydrogens is 983 g/mol. The van der Waals surface area contributed by atoms with Crippen LogP contribution in [0.5, 0.6) is 11.5 Å². The fraction of sp³-hybridized carbons (Fsp3) is 0.183. The lowest BCUT2D eigenvalue weighted by Gasteiger charge is -2.37. The molecule has 0 unspecified atom stereocenters. The number of alkyl carbamates (subject to hydrolysis) is 1. The Kier molecular flexibility index (Phi) is 16.0. The minimum Gasteiger partial charge on any atom is -0.494 e. The van der Waals surface area contributed by atoms with E-state index in [0.29, 0.717) is 45.7 Å². The Labute approximate surface area is 444 Å². The number of nitrogens with zero attached hydrogens (tertiary/aromatic N) is 3. The van der Waals surface area contributed by atoms with Crippen LogP contribution in [0.15, 0.2) is 192 Å². The monoisotopic (exact) mass is 1040 g/mol. The molecule has 0 saturated carbocycles. The lowest BCUT2D eigenvalue weighted by Crippen LogP contribution is -2.50. The van der Waals surface area contributed by atoms with Gasteiger partial charge in [0.25, 0.3) is 11.8 Å². The number of aromatic nitrogens is 1. The summed E-state index contributed by atoms with van der Waals surface area (Å²) in [5.74, 6) is -0.666. The Bertz CT molecular complexity index is 3350. The van der Waals surface area contributed by atoms with Crippen LogP contribution in [0.2, 0.25) is 0 Å². The number of nitrogens with one attached hydrogen (secondary N) is 2. The normalized spacial score (nSPS) is 13.1. The van der Waals surface area contributed by atoms with Gasteiger partial charge in [-0.2, -0.15) is 0 Å². The van der Waals surface area contributed by atoms with Crippen LogP contribution in [0.4, 0.5) is 21.9 Å². The maximum Gasteiger partial charge on any atom is 0.407 e. The van der Waals surface area contributed by atoms with E-state index in [1.807, 2.05) is 140 Å². The molecule has 0 aliphatic carbocycles. The number of fused-ring (bicyclic) bond motifs is 2. The molecule has 0 saturated heterocycles. The van der Waals surface area contributed by atoms with Crippen LogP contribution < -0.4 is 25.0 Å². The maximum absolute atomic E-state index is 15.7. The Balaban J connectivity index is 1.10. The lowest BCUT2D eigenvalue weighted by atomic mass is 9.93. The van der Waals surface area contributed by atoms with Crippen molar-refractivity contribution in [1.82, 2.24) is 14.8 Å². The average Bonchev–Trinajstić information content (AvgIpc) is 3.82. The first-order valence-electron chi connectivity index (χ1n) is 24.3. The predicted molar refractivity (Wildman–Crippen MR) is 296 cm³/mol. The zero-order valence-electron chi connectivity index (χ0n) is 41.9. The van der Waals surface area contributed by atoms with Gasteiger partial charge in [0.1, 0.15) is 17.1 Å². The summed E-state index contributed by atoms with van der Waals surface area (Å²) in [5, 5.41) is 6.51. The third-order valence-corrected chi connectivity index (χ3v) is 14.3. The molecule has 1 aliphatic heterocycles. The summed E-state index contributed by atoms with van der Waals surface area (Å²) in [7, 11) is 1.49. The highest BCUT2D eigenvalue weighted by Crippen LogP contribution is 2.38. The highest BCUT2D eigenvalue weighted by Gasteiger charge is 2.34. The molecule has 7 aromatic carbocycles. The summed E-state index contributed by atoms with van der Waals surface area (Å²) in [6, 6.07) is 53.4. The third kappa shape index (κ3) is 12.6. The standard InChI is InChI=1S/C60H55N5O8S2/c1-60(2,3)73-59(70)61-35-44-32-40-18-14-15-19-41(40)36-63(44)57(68)49-33-51(62-55(66)38-74-46-22-10-6-11-23-46)54(71-4)34-53(49)64-37-50(48-26-16-17-27-52(48)64)58(69)65(42-20-8-5-9-21-42)43-28-30-45(31-29-43)72-56(67)39-75-47-24-12-7-13-25-47/h5-31,33-34,37,44H,32,35-36,38-39H2,1-4H3,(H,61,70)(H,62,66)/t44-/m0/s1. The summed E-state index contributed by atoms with van der Waals surface area (Å²) >= 11 is 2.76. The Morgan fingerprint density at radius 3 is 1.95 bits per heavy atom. The SMILES string of the molecule is COc1cc(-n2cc(C(=O)N(c3ccccc3)c3ccc(OC(=O)CSc4ccccc4)cc3)c3ccccc32)c(C(=O)N2Cc3ccccc3C[C@H]2CNC(=O)OC(C)(C)C)cc1NC(=O)CSc1ccccc1. The number of anilines is 3. The van der Waals surface area contributed by atoms with Crippen molar-refractivity contribution in [2.45, 2.75) is 55.2 Å². The van der Waals surface area contributed by atoms with E-state index in [1.165, 1.54) is 30.6 Å². The first-order chi connectivity index (χ1) is 36.3. The number of thioether (sulfide) groups is 2. The van der Waals surface area contributed by atoms with Crippen LogP contribution >= 0.6 is 23.5 Å². The Hall–Kier alpha value is -8.27. The van der Waals surface area contributed by atoms with Crippen LogP contribution in [0, 0.1) is 0 Å². The molecule has 2 heterocycles. The molecule has 9 rings (SSSR count). The van der Waals surface area contributed by atoms with E-state index in [9.17, 15) is 14.4 Å². The summed E-state index contributed by atoms with van der Waals surface area (Å²) in [6.07, 6.45) is 1.56. The van der Waals surface area contributed by atoms with Gasteiger partial charge < -0.3 is 34.3 Å². The van der Waals surface area contributed by atoms with E-state index in [0.717, 1.165) is 20.9 Å². The summed E-state index contributed by atoms with van der Waals surface area (Å²) in [4.78, 5) is 76.0. The fourth-order valence-corrected chi connectivity index (χ4v) is 10.3. The Morgan fingerprint density at radius 1 is 0.680 bits per heavy atom. The number of hydrogen-bond donors (Lipinski definition) is 2. The molecule has 0 radical (unpaired) electrons. The van der Waals surface area contributed by atoms with Gasteiger partial charge in [-0.3, -0.25) is 24.1 Å². The highest BCUT2D eigenvalue weighted by atomic mass is 32.2. The van der Waals surface area contributed by atoms with Crippen LogP contribution in [-0.2, 0) is 27.3 Å². The second-order valence-corrected chi connectivity index (χ2v) is 20.7. The van der Waals surface area contributed by atoms with Crippen molar-refractivity contribution in [2.75, 3.05) is 35.4 Å². The molecule has 0 spiro atoms. The zero-order valence-corrected chi connectivity index (χ0v) is 43.5. The molecule has 13 nitrogen and oxygen atoms in total. The summed E-state index contributed by atoms with van der Waals surface area (Å²) in [6.45, 7) is 5.68. The highest BCUT2D eigenvalue weighted by molar-refractivity contribution is 8.00. The predicted octanol–water partition coefficient (Wildman–Crippen LogP) is 12.1. The molecule has 8 aromatic rings. The molecule has 1 aliphatic rings. The molecule has 15 heteroatoms. The van der Waals surface area contributed by atoms with E-state index in [4.69, 9.17) is 14.2 Å². The van der Waals surface area contributed by atoms with Crippen molar-refractivity contribution in [3.8, 4) is 17.2 Å². The number of benzene rings is 7. The van der Waals surface area contributed by atoms with Gasteiger partial charge in [-0.1, -0.05) is 97.1 Å². The van der Waals surface area contributed by atoms with Crippen LogP contribution in [-0.4, -0.2) is 76.1 Å². The van der Waals surface area contributed by atoms with Gasteiger partial charge in [-0.05, 0) is 111 Å². The third-order valence-electron chi connectivity index (χ3n) is 12.3. The second kappa shape index (κ2) is 23.3. The van der Waals surface area contributed by atoms with Gasteiger partial charge in [-0.15, -0.1) is 23.5 Å². The summed E-state index contributed by atoms with van der Waals surface area (Å²) in [5.41, 5.74) is 4.16. The van der Waals surface area contributed by atoms with Gasteiger partial charge in [0.05, 0.1) is 52.7 Å². The quantitative estimate of drug-likeness (QED) is 0.0544. The largest absolute Gasteiger partial charge is 0.494 e. The number of esters is 1. The molecule has 0 bridgehead atoms. The maximum atomic E-state index is 15.7. The first kappa shape index (κ1) is 51.6. The van der Waals surface area contributed by atoms with Crippen molar-refractivity contribution in [1.29, 1.82) is 0 Å². The van der Waals surface area contributed by atoms with Crippen molar-refractivity contribution in [3.63, 3.8) is 0 Å². The van der Waals surface area contributed by atoms with E-state index in [-0.39, 0.29) is 59.3 Å². The number of methoxy groups -OCH3 is 1. The van der Waals surface area contributed by atoms with Gasteiger partial charge >= 0.3 is 12.1 Å². The number of carbonyl (C=O) groups is 5. The van der Waals surface area contributed by atoms with Gasteiger partial charge in [0.15, 0.2) is 0 Å². The molecule has 1 aromatic heterocycles. The molecule has 2 N–H and O–H groups in total.